The Morgan fingerprint density at radius 3 is 2.50 bits per heavy atom. The van der Waals surface area contributed by atoms with Gasteiger partial charge in [-0.3, -0.25) is 10.1 Å². The van der Waals surface area contributed by atoms with Gasteiger partial charge in [-0.1, -0.05) is 0 Å². The lowest BCUT2D eigenvalue weighted by Gasteiger charge is -2.25. The molecular formula is C11H15FN2O5S. The van der Waals surface area contributed by atoms with Crippen LogP contribution in [0.25, 0.3) is 0 Å². The molecule has 1 aromatic rings. The number of nitro groups is 1. The second kappa shape index (κ2) is 6.25. The van der Waals surface area contributed by atoms with Crippen molar-refractivity contribution < 1.29 is 22.8 Å². The molecule has 0 spiro atoms. The van der Waals surface area contributed by atoms with Gasteiger partial charge < -0.3 is 5.11 Å². The Labute approximate surface area is 115 Å². The molecule has 0 aliphatic heterocycles. The van der Waals surface area contributed by atoms with E-state index < -0.39 is 44.0 Å². The van der Waals surface area contributed by atoms with Gasteiger partial charge in [0, 0.05) is 24.7 Å². The fourth-order valence-electron chi connectivity index (χ4n) is 1.68. The first-order valence-corrected chi connectivity index (χ1v) is 7.22. The molecule has 0 heterocycles. The van der Waals surface area contributed by atoms with Gasteiger partial charge in [-0.15, -0.1) is 0 Å². The Balaban J connectivity index is 3.40. The topological polar surface area (TPSA) is 101 Å². The Bertz CT molecular complexity index is 603. The third-order valence-corrected chi connectivity index (χ3v) is 4.70. The monoisotopic (exact) mass is 306 g/mol. The van der Waals surface area contributed by atoms with Gasteiger partial charge in [0.25, 0.3) is 5.69 Å². The van der Waals surface area contributed by atoms with Crippen LogP contribution in [0.1, 0.15) is 13.8 Å². The number of halogens is 1. The standard InChI is InChI=1S/C11H15FN2O5S/c1-8(2)13(5-6-15)20(18,19)11-7-9(14(16)17)3-4-10(11)12/h3-4,7-8,15H,5-6H2,1-2H3. The Kier molecular flexibility index (Phi) is 5.15. The molecule has 7 nitrogen and oxygen atoms in total. The van der Waals surface area contributed by atoms with Crippen molar-refractivity contribution in [2.75, 3.05) is 13.2 Å². The van der Waals surface area contributed by atoms with Crippen LogP contribution in [0.5, 0.6) is 0 Å². The Morgan fingerprint density at radius 1 is 1.45 bits per heavy atom. The van der Waals surface area contributed by atoms with Crippen molar-refractivity contribution in [1.29, 1.82) is 0 Å². The summed E-state index contributed by atoms with van der Waals surface area (Å²) in [6.07, 6.45) is 0. The molecule has 9 heteroatoms. The molecule has 0 fully saturated rings. The molecule has 0 saturated heterocycles. The van der Waals surface area contributed by atoms with Crippen LogP contribution >= 0.6 is 0 Å². The SMILES string of the molecule is CC(C)N(CCO)S(=O)(=O)c1cc([N+](=O)[O-])ccc1F. The molecule has 0 aliphatic rings. The quantitative estimate of drug-likeness (QED) is 0.627. The first-order chi connectivity index (χ1) is 9.21. The van der Waals surface area contributed by atoms with E-state index >= 15 is 0 Å². The number of hydrogen-bond acceptors (Lipinski definition) is 5. The van der Waals surface area contributed by atoms with Crippen LogP contribution in [0.15, 0.2) is 23.1 Å². The van der Waals surface area contributed by atoms with Crippen molar-refractivity contribution >= 4 is 15.7 Å². The Morgan fingerprint density at radius 2 is 2.05 bits per heavy atom. The summed E-state index contributed by atoms with van der Waals surface area (Å²) < 4.78 is 39.2. The highest BCUT2D eigenvalue weighted by Crippen LogP contribution is 2.25. The molecule has 0 unspecified atom stereocenters. The van der Waals surface area contributed by atoms with Gasteiger partial charge >= 0.3 is 0 Å². The van der Waals surface area contributed by atoms with E-state index in [1.54, 1.807) is 13.8 Å². The molecule has 0 aliphatic carbocycles. The number of nitro benzene ring substituents is 1. The summed E-state index contributed by atoms with van der Waals surface area (Å²) in [6.45, 7) is 2.46. The van der Waals surface area contributed by atoms with Crippen LogP contribution in [-0.4, -0.2) is 41.9 Å². The number of rotatable bonds is 6. The summed E-state index contributed by atoms with van der Waals surface area (Å²) in [5.41, 5.74) is -0.516. The zero-order chi connectivity index (χ0) is 15.5. The third kappa shape index (κ3) is 3.30. The number of aliphatic hydroxyl groups is 1. The maximum Gasteiger partial charge on any atom is 0.270 e. The average molecular weight is 306 g/mol. The van der Waals surface area contributed by atoms with Gasteiger partial charge in [0.05, 0.1) is 11.5 Å². The van der Waals surface area contributed by atoms with Crippen LogP contribution in [0.3, 0.4) is 0 Å². The second-order valence-corrected chi connectivity index (χ2v) is 6.16. The van der Waals surface area contributed by atoms with Gasteiger partial charge in [0.2, 0.25) is 10.0 Å². The molecule has 0 bridgehead atoms. The summed E-state index contributed by atoms with van der Waals surface area (Å²) in [5.74, 6) is -1.07. The van der Waals surface area contributed by atoms with Crippen molar-refractivity contribution in [3.63, 3.8) is 0 Å². The lowest BCUT2D eigenvalue weighted by atomic mass is 10.3. The van der Waals surface area contributed by atoms with Crippen molar-refractivity contribution in [2.24, 2.45) is 0 Å². The van der Waals surface area contributed by atoms with E-state index in [4.69, 9.17) is 5.11 Å². The summed E-state index contributed by atoms with van der Waals surface area (Å²) in [4.78, 5) is 9.08. The summed E-state index contributed by atoms with van der Waals surface area (Å²) in [5, 5.41) is 19.6. The first-order valence-electron chi connectivity index (χ1n) is 5.78. The van der Waals surface area contributed by atoms with E-state index in [1.165, 1.54) is 0 Å². The average Bonchev–Trinajstić information content (AvgIpc) is 2.35. The number of aliphatic hydroxyl groups excluding tert-OH is 1. The molecule has 20 heavy (non-hydrogen) atoms. The lowest BCUT2D eigenvalue weighted by molar-refractivity contribution is -0.385. The van der Waals surface area contributed by atoms with E-state index in [2.05, 4.69) is 0 Å². The smallest absolute Gasteiger partial charge is 0.270 e. The summed E-state index contributed by atoms with van der Waals surface area (Å²) in [7, 11) is -4.26. The second-order valence-electron chi connectivity index (χ2n) is 4.30. The van der Waals surface area contributed by atoms with E-state index in [1.807, 2.05) is 0 Å². The van der Waals surface area contributed by atoms with Gasteiger partial charge in [-0.05, 0) is 19.9 Å². The molecule has 1 N–H and O–H groups in total. The maximum absolute atomic E-state index is 13.7. The minimum absolute atomic E-state index is 0.220. The van der Waals surface area contributed by atoms with Crippen LogP contribution in [-0.2, 0) is 10.0 Å². The molecule has 1 aromatic carbocycles. The molecule has 0 saturated carbocycles. The van der Waals surface area contributed by atoms with Gasteiger partial charge in [0.1, 0.15) is 10.7 Å². The maximum atomic E-state index is 13.7. The molecule has 112 valence electrons. The van der Waals surface area contributed by atoms with Crippen LogP contribution in [0.2, 0.25) is 0 Å². The highest BCUT2D eigenvalue weighted by atomic mass is 32.2. The van der Waals surface area contributed by atoms with Crippen molar-refractivity contribution in [3.05, 3.63) is 34.1 Å². The third-order valence-electron chi connectivity index (χ3n) is 2.61. The van der Waals surface area contributed by atoms with E-state index in [9.17, 15) is 22.9 Å². The Hall–Kier alpha value is -1.58. The predicted octanol–water partition coefficient (Wildman–Crippen LogP) is 1.13. The van der Waals surface area contributed by atoms with E-state index in [0.29, 0.717) is 6.07 Å². The van der Waals surface area contributed by atoms with E-state index in [0.717, 1.165) is 16.4 Å². The zero-order valence-corrected chi connectivity index (χ0v) is 11.8. The highest BCUT2D eigenvalue weighted by Gasteiger charge is 2.30. The van der Waals surface area contributed by atoms with Gasteiger partial charge in [-0.2, -0.15) is 4.31 Å². The normalized spacial score (nSPS) is 12.1. The summed E-state index contributed by atoms with van der Waals surface area (Å²) >= 11 is 0. The van der Waals surface area contributed by atoms with Crippen LogP contribution in [0.4, 0.5) is 10.1 Å². The fourth-order valence-corrected chi connectivity index (χ4v) is 3.40. The number of hydrogen-bond donors (Lipinski definition) is 1. The van der Waals surface area contributed by atoms with Crippen LogP contribution < -0.4 is 0 Å². The highest BCUT2D eigenvalue weighted by molar-refractivity contribution is 7.89. The minimum atomic E-state index is -4.26. The fraction of sp³-hybridized carbons (Fsp3) is 0.455. The number of sulfonamides is 1. The molecule has 0 atom stereocenters. The molecular weight excluding hydrogens is 291 g/mol. The lowest BCUT2D eigenvalue weighted by Crippen LogP contribution is -2.39. The molecule has 1 rings (SSSR count). The van der Waals surface area contributed by atoms with Gasteiger partial charge in [0.15, 0.2) is 0 Å². The van der Waals surface area contributed by atoms with Crippen molar-refractivity contribution in [3.8, 4) is 0 Å². The van der Waals surface area contributed by atoms with Crippen LogP contribution in [0, 0.1) is 15.9 Å². The van der Waals surface area contributed by atoms with Crippen molar-refractivity contribution in [1.82, 2.24) is 4.31 Å². The number of nitrogens with zero attached hydrogens (tertiary/aromatic N) is 2. The molecule has 0 aromatic heterocycles. The predicted molar refractivity (Wildman–Crippen MR) is 69.2 cm³/mol. The number of non-ortho nitro benzene ring substituents is 1. The zero-order valence-electron chi connectivity index (χ0n) is 11.0. The first kappa shape index (κ1) is 16.5. The van der Waals surface area contributed by atoms with Crippen molar-refractivity contribution in [2.45, 2.75) is 24.8 Å². The van der Waals surface area contributed by atoms with Gasteiger partial charge in [-0.25, -0.2) is 12.8 Å². The van der Waals surface area contributed by atoms with E-state index in [-0.39, 0.29) is 6.54 Å². The number of benzene rings is 1. The molecule has 0 amide bonds. The molecule has 0 radical (unpaired) electrons. The largest absolute Gasteiger partial charge is 0.395 e. The summed E-state index contributed by atoms with van der Waals surface area (Å²) in [6, 6.07) is 1.78. The minimum Gasteiger partial charge on any atom is -0.395 e.